The lowest BCUT2D eigenvalue weighted by atomic mass is 10.2. The topological polar surface area (TPSA) is 75.8 Å². The Balaban J connectivity index is 0.00000272. The first kappa shape index (κ1) is 22.5. The molecular formula is C23H25IN6O. The summed E-state index contributed by atoms with van der Waals surface area (Å²) in [7, 11) is 1.74. The van der Waals surface area contributed by atoms with Crippen molar-refractivity contribution in [1.29, 1.82) is 0 Å². The third kappa shape index (κ3) is 5.72. The van der Waals surface area contributed by atoms with Gasteiger partial charge in [-0.15, -0.1) is 34.2 Å². The molecule has 2 N–H and O–H groups in total. The summed E-state index contributed by atoms with van der Waals surface area (Å²) in [6.45, 7) is 3.13. The van der Waals surface area contributed by atoms with Crippen molar-refractivity contribution < 1.29 is 4.74 Å². The second kappa shape index (κ2) is 10.8. The lowest BCUT2D eigenvalue weighted by Gasteiger charge is -2.14. The van der Waals surface area contributed by atoms with Crippen molar-refractivity contribution in [1.82, 2.24) is 25.2 Å². The zero-order valence-corrected chi connectivity index (χ0v) is 19.8. The van der Waals surface area contributed by atoms with Gasteiger partial charge >= 0.3 is 0 Å². The Morgan fingerprint density at radius 3 is 2.61 bits per heavy atom. The Morgan fingerprint density at radius 1 is 0.968 bits per heavy atom. The molecule has 0 spiro atoms. The molecule has 4 rings (SSSR count). The number of guanidine groups is 1. The average molecular weight is 528 g/mol. The smallest absolute Gasteiger partial charge is 0.191 e. The molecule has 8 heteroatoms. The molecule has 0 fully saturated rings. The molecule has 2 heterocycles. The highest BCUT2D eigenvalue weighted by molar-refractivity contribution is 14.0. The maximum atomic E-state index is 6.10. The van der Waals surface area contributed by atoms with Crippen LogP contribution in [0, 0.1) is 6.92 Å². The van der Waals surface area contributed by atoms with E-state index in [2.05, 4.69) is 38.8 Å². The number of fused-ring (bicyclic) bond motifs is 1. The summed E-state index contributed by atoms with van der Waals surface area (Å²) in [5.74, 6) is 3.13. The van der Waals surface area contributed by atoms with Gasteiger partial charge in [-0.3, -0.25) is 9.39 Å². The molecule has 0 aliphatic carbocycles. The zero-order valence-electron chi connectivity index (χ0n) is 17.4. The maximum Gasteiger partial charge on any atom is 0.191 e. The number of aliphatic imine (C=N–C) groups is 1. The summed E-state index contributed by atoms with van der Waals surface area (Å²) < 4.78 is 8.05. The van der Waals surface area contributed by atoms with Gasteiger partial charge in [0.1, 0.15) is 11.5 Å². The van der Waals surface area contributed by atoms with Crippen molar-refractivity contribution in [3.8, 4) is 11.5 Å². The Kier molecular flexibility index (Phi) is 7.82. The highest BCUT2D eigenvalue weighted by Gasteiger charge is 2.08. The molecule has 2 aromatic carbocycles. The van der Waals surface area contributed by atoms with E-state index in [4.69, 9.17) is 4.74 Å². The number of rotatable bonds is 6. The molecule has 31 heavy (non-hydrogen) atoms. The minimum atomic E-state index is 0. The first-order valence-electron chi connectivity index (χ1n) is 9.78. The van der Waals surface area contributed by atoms with Gasteiger partial charge in [0.15, 0.2) is 17.4 Å². The van der Waals surface area contributed by atoms with Crippen LogP contribution in [0.3, 0.4) is 0 Å². The highest BCUT2D eigenvalue weighted by Crippen LogP contribution is 2.25. The van der Waals surface area contributed by atoms with Gasteiger partial charge in [-0.2, -0.15) is 0 Å². The monoisotopic (exact) mass is 528 g/mol. The summed E-state index contributed by atoms with van der Waals surface area (Å²) in [6, 6.07) is 21.8. The van der Waals surface area contributed by atoms with E-state index < -0.39 is 0 Å². The molecule has 0 bridgehead atoms. The van der Waals surface area contributed by atoms with Crippen molar-refractivity contribution in [2.45, 2.75) is 20.0 Å². The third-order valence-electron chi connectivity index (χ3n) is 4.66. The van der Waals surface area contributed by atoms with Gasteiger partial charge in [0, 0.05) is 25.4 Å². The lowest BCUT2D eigenvalue weighted by Crippen LogP contribution is -2.36. The Bertz CT molecular complexity index is 1170. The number of hydrogen-bond acceptors (Lipinski definition) is 4. The second-order valence-electron chi connectivity index (χ2n) is 6.85. The number of para-hydroxylation sites is 1. The van der Waals surface area contributed by atoms with E-state index in [1.54, 1.807) is 7.05 Å². The quantitative estimate of drug-likeness (QED) is 0.222. The van der Waals surface area contributed by atoms with Crippen LogP contribution in [0.5, 0.6) is 11.5 Å². The third-order valence-corrected chi connectivity index (χ3v) is 4.66. The number of ether oxygens (including phenoxy) is 1. The van der Waals surface area contributed by atoms with Gasteiger partial charge in [0.2, 0.25) is 0 Å². The Morgan fingerprint density at radius 2 is 1.77 bits per heavy atom. The first-order chi connectivity index (χ1) is 14.7. The van der Waals surface area contributed by atoms with Crippen LogP contribution in [0.2, 0.25) is 0 Å². The molecule has 0 radical (unpaired) electrons. The molecule has 4 aromatic rings. The highest BCUT2D eigenvalue weighted by atomic mass is 127. The first-order valence-corrected chi connectivity index (χ1v) is 9.78. The van der Waals surface area contributed by atoms with Crippen LogP contribution in [0.1, 0.15) is 17.0 Å². The van der Waals surface area contributed by atoms with Gasteiger partial charge in [-0.25, -0.2) is 0 Å². The van der Waals surface area contributed by atoms with E-state index in [1.165, 1.54) is 0 Å². The van der Waals surface area contributed by atoms with E-state index in [-0.39, 0.29) is 24.0 Å². The summed E-state index contributed by atoms with van der Waals surface area (Å²) in [6.07, 6.45) is 1.95. The number of nitrogens with zero attached hydrogens (tertiary/aromatic N) is 4. The van der Waals surface area contributed by atoms with Crippen LogP contribution >= 0.6 is 24.0 Å². The summed E-state index contributed by atoms with van der Waals surface area (Å²) in [4.78, 5) is 4.30. The minimum absolute atomic E-state index is 0. The van der Waals surface area contributed by atoms with E-state index in [0.29, 0.717) is 19.0 Å². The predicted molar refractivity (Wildman–Crippen MR) is 133 cm³/mol. The normalized spacial score (nSPS) is 11.1. The average Bonchev–Trinajstić information content (AvgIpc) is 3.18. The molecule has 0 unspecified atom stereocenters. The van der Waals surface area contributed by atoms with Crippen LogP contribution in [-0.2, 0) is 13.1 Å². The zero-order chi connectivity index (χ0) is 20.8. The number of pyridine rings is 1. The molecule has 0 aliphatic heterocycles. The van der Waals surface area contributed by atoms with Crippen molar-refractivity contribution in [2.75, 3.05) is 7.05 Å². The van der Waals surface area contributed by atoms with Crippen LogP contribution in [0.15, 0.2) is 77.9 Å². The van der Waals surface area contributed by atoms with E-state index in [0.717, 1.165) is 34.1 Å². The van der Waals surface area contributed by atoms with Crippen LogP contribution in [-0.4, -0.2) is 27.6 Å². The molecule has 0 aliphatic rings. The summed E-state index contributed by atoms with van der Waals surface area (Å²) >= 11 is 0. The van der Waals surface area contributed by atoms with Crippen LogP contribution < -0.4 is 15.4 Å². The number of aromatic nitrogens is 3. The number of halogens is 1. The van der Waals surface area contributed by atoms with Crippen molar-refractivity contribution in [2.24, 2.45) is 4.99 Å². The number of hydrogen-bond donors (Lipinski definition) is 2. The Hall–Kier alpha value is -3.14. The van der Waals surface area contributed by atoms with Crippen molar-refractivity contribution >= 4 is 35.6 Å². The molecule has 160 valence electrons. The number of nitrogens with one attached hydrogen (secondary N) is 2. The fourth-order valence-electron chi connectivity index (χ4n) is 3.13. The Labute approximate surface area is 198 Å². The van der Waals surface area contributed by atoms with Gasteiger partial charge in [0.05, 0.1) is 6.54 Å². The summed E-state index contributed by atoms with van der Waals surface area (Å²) in [5, 5.41) is 15.0. The van der Waals surface area contributed by atoms with E-state index in [1.807, 2.05) is 71.3 Å². The van der Waals surface area contributed by atoms with Crippen LogP contribution in [0.25, 0.3) is 5.65 Å². The van der Waals surface area contributed by atoms with E-state index in [9.17, 15) is 0 Å². The van der Waals surface area contributed by atoms with Gasteiger partial charge < -0.3 is 15.4 Å². The summed E-state index contributed by atoms with van der Waals surface area (Å²) in [5.41, 5.74) is 3.02. The molecule has 0 saturated heterocycles. The largest absolute Gasteiger partial charge is 0.457 e. The maximum absolute atomic E-state index is 6.10. The molecule has 0 saturated carbocycles. The molecule has 7 nitrogen and oxygen atoms in total. The van der Waals surface area contributed by atoms with Crippen LogP contribution in [0.4, 0.5) is 0 Å². The van der Waals surface area contributed by atoms with Crippen molar-refractivity contribution in [3.05, 3.63) is 89.9 Å². The number of aryl methyl sites for hydroxylation is 1. The van der Waals surface area contributed by atoms with E-state index >= 15 is 0 Å². The second-order valence-corrected chi connectivity index (χ2v) is 6.85. The fourth-order valence-corrected chi connectivity index (χ4v) is 3.13. The van der Waals surface area contributed by atoms with Crippen molar-refractivity contribution in [3.63, 3.8) is 0 Å². The fraction of sp³-hybridized carbons (Fsp3) is 0.174. The lowest BCUT2D eigenvalue weighted by molar-refractivity contribution is 0.475. The molecule has 0 atom stereocenters. The molecule has 2 aromatic heterocycles. The molecule has 0 amide bonds. The van der Waals surface area contributed by atoms with Gasteiger partial charge in [0.25, 0.3) is 0 Å². The number of benzene rings is 2. The molecular weight excluding hydrogens is 503 g/mol. The van der Waals surface area contributed by atoms with Gasteiger partial charge in [-0.05, 0) is 42.8 Å². The minimum Gasteiger partial charge on any atom is -0.457 e. The predicted octanol–water partition coefficient (Wildman–Crippen LogP) is 4.31. The SMILES string of the molecule is CN=C(NCc1ccccc1Oc1cccc(C)c1)NCc1nnc2ccccn12.I. The standard InChI is InChI=1S/C23H24N6O.HI/c1-17-8-7-10-19(14-17)30-20-11-4-3-9-18(20)15-25-23(24-2)26-16-22-28-27-21-12-5-6-13-29(21)22;/h3-14H,15-16H2,1-2H3,(H2,24,25,26);1H. The van der Waals surface area contributed by atoms with Gasteiger partial charge in [-0.1, -0.05) is 36.4 Å².